The van der Waals surface area contributed by atoms with Gasteiger partial charge in [0.05, 0.1) is 30.5 Å². The van der Waals surface area contributed by atoms with Gasteiger partial charge in [-0.15, -0.1) is 0 Å². The standard InChI is InChI=1S/C26H41NO7/c1-6-27-11-24(12-31-3)8-7-17(29)26-15-9-14-16(32-4)10-25(30,18(15)20(14)34-13(2)28)19(23(26)27)21(33-5)22(24)26/h14-23,29-30H,6-12H2,1-5H3/t14-,15-,16+,17+,18-,19+,20+,21-,22-,23-,24+,25-,26+/m1/s1. The Morgan fingerprint density at radius 2 is 1.91 bits per heavy atom. The fourth-order valence-electron chi connectivity index (χ4n) is 11.0. The van der Waals surface area contributed by atoms with Gasteiger partial charge in [-0.25, -0.2) is 0 Å². The Bertz CT molecular complexity index is 855. The summed E-state index contributed by atoms with van der Waals surface area (Å²) < 4.78 is 24.1. The van der Waals surface area contributed by atoms with Crippen LogP contribution in [0.4, 0.5) is 0 Å². The van der Waals surface area contributed by atoms with Crippen molar-refractivity contribution in [2.45, 2.75) is 75.6 Å². The zero-order valence-corrected chi connectivity index (χ0v) is 21.1. The molecule has 0 aromatic carbocycles. The van der Waals surface area contributed by atoms with E-state index in [2.05, 4.69) is 11.8 Å². The molecule has 7 bridgehead atoms. The summed E-state index contributed by atoms with van der Waals surface area (Å²) in [4.78, 5) is 14.7. The second-order valence-electron chi connectivity index (χ2n) is 12.1. The van der Waals surface area contributed by atoms with Gasteiger partial charge in [0.2, 0.25) is 0 Å². The first-order valence-electron chi connectivity index (χ1n) is 13.1. The first-order valence-corrected chi connectivity index (χ1v) is 13.1. The molecule has 6 aliphatic rings. The van der Waals surface area contributed by atoms with Crippen LogP contribution in [0.1, 0.15) is 39.5 Å². The van der Waals surface area contributed by atoms with Crippen LogP contribution in [-0.4, -0.2) is 98.2 Å². The third-order valence-corrected chi connectivity index (χ3v) is 11.4. The maximum Gasteiger partial charge on any atom is 0.302 e. The summed E-state index contributed by atoms with van der Waals surface area (Å²) in [5.41, 5.74) is -1.66. The summed E-state index contributed by atoms with van der Waals surface area (Å²) in [6.07, 6.45) is 1.64. The lowest BCUT2D eigenvalue weighted by Crippen LogP contribution is -2.76. The first-order chi connectivity index (χ1) is 16.2. The molecule has 0 aromatic heterocycles. The summed E-state index contributed by atoms with van der Waals surface area (Å²) >= 11 is 0. The first kappa shape index (κ1) is 23.6. The molecular weight excluding hydrogens is 438 g/mol. The van der Waals surface area contributed by atoms with Gasteiger partial charge < -0.3 is 29.2 Å². The lowest BCUT2D eigenvalue weighted by Gasteiger charge is -2.68. The van der Waals surface area contributed by atoms with Crippen molar-refractivity contribution in [3.63, 3.8) is 0 Å². The molecule has 5 saturated carbocycles. The molecule has 1 spiro atoms. The Hall–Kier alpha value is -0.770. The number of ether oxygens (including phenoxy) is 4. The minimum atomic E-state index is -1.09. The zero-order valence-electron chi connectivity index (χ0n) is 21.1. The van der Waals surface area contributed by atoms with Gasteiger partial charge in [-0.2, -0.15) is 0 Å². The highest BCUT2D eigenvalue weighted by molar-refractivity contribution is 5.66. The minimum Gasteiger partial charge on any atom is -0.462 e. The molecule has 1 heterocycles. The second kappa shape index (κ2) is 7.62. The molecule has 34 heavy (non-hydrogen) atoms. The van der Waals surface area contributed by atoms with Crippen molar-refractivity contribution in [3.05, 3.63) is 0 Å². The van der Waals surface area contributed by atoms with Crippen molar-refractivity contribution in [1.82, 2.24) is 4.90 Å². The number of carbonyl (C=O) groups is 1. The number of nitrogens with zero attached hydrogens (tertiary/aromatic N) is 1. The Balaban J connectivity index is 1.61. The Labute approximate surface area is 202 Å². The second-order valence-corrected chi connectivity index (χ2v) is 12.1. The topological polar surface area (TPSA) is 97.7 Å². The number of likely N-dealkylation sites (tertiary alicyclic amines) is 1. The lowest BCUT2D eigenvalue weighted by molar-refractivity contribution is -0.274. The number of hydrogen-bond donors (Lipinski definition) is 2. The fraction of sp³-hybridized carbons (Fsp3) is 0.962. The maximum absolute atomic E-state index is 12.7. The van der Waals surface area contributed by atoms with Crippen LogP contribution in [0, 0.1) is 40.4 Å². The van der Waals surface area contributed by atoms with Crippen molar-refractivity contribution in [1.29, 1.82) is 0 Å². The van der Waals surface area contributed by atoms with E-state index in [1.807, 2.05) is 0 Å². The summed E-state index contributed by atoms with van der Waals surface area (Å²) in [5.74, 6) is -0.586. The molecule has 1 aliphatic heterocycles. The van der Waals surface area contributed by atoms with Crippen LogP contribution in [0.2, 0.25) is 0 Å². The predicted octanol–water partition coefficient (Wildman–Crippen LogP) is 1.07. The van der Waals surface area contributed by atoms with E-state index >= 15 is 0 Å². The molecule has 0 radical (unpaired) electrons. The summed E-state index contributed by atoms with van der Waals surface area (Å²) in [7, 11) is 5.23. The van der Waals surface area contributed by atoms with E-state index in [9.17, 15) is 15.0 Å². The molecule has 0 amide bonds. The normalized spacial score (nSPS) is 57.0. The smallest absolute Gasteiger partial charge is 0.302 e. The number of methoxy groups -OCH3 is 3. The van der Waals surface area contributed by atoms with Crippen LogP contribution in [0.15, 0.2) is 0 Å². The van der Waals surface area contributed by atoms with Gasteiger partial charge in [0, 0.05) is 81.8 Å². The van der Waals surface area contributed by atoms with E-state index in [-0.39, 0.29) is 59.2 Å². The summed E-state index contributed by atoms with van der Waals surface area (Å²) in [6, 6.07) is 0.0197. The molecule has 0 unspecified atom stereocenters. The number of esters is 1. The van der Waals surface area contributed by atoms with Gasteiger partial charge in [0.25, 0.3) is 0 Å². The fourth-order valence-corrected chi connectivity index (χ4v) is 11.0. The molecule has 13 atom stereocenters. The highest BCUT2D eigenvalue weighted by Crippen LogP contribution is 2.79. The Kier molecular flexibility index (Phi) is 5.29. The van der Waals surface area contributed by atoms with Gasteiger partial charge in [0.1, 0.15) is 6.10 Å². The molecule has 2 N–H and O–H groups in total. The van der Waals surface area contributed by atoms with Crippen molar-refractivity contribution in [3.8, 4) is 0 Å². The largest absolute Gasteiger partial charge is 0.462 e. The highest BCUT2D eigenvalue weighted by Gasteiger charge is 2.86. The minimum absolute atomic E-state index is 0.0197. The van der Waals surface area contributed by atoms with Crippen LogP contribution >= 0.6 is 0 Å². The van der Waals surface area contributed by atoms with Crippen molar-refractivity contribution >= 4 is 5.97 Å². The molecular formula is C26H41NO7. The number of aliphatic hydroxyl groups excluding tert-OH is 1. The Morgan fingerprint density at radius 1 is 1.15 bits per heavy atom. The van der Waals surface area contributed by atoms with Crippen LogP contribution in [0.25, 0.3) is 0 Å². The zero-order chi connectivity index (χ0) is 24.2. The van der Waals surface area contributed by atoms with Gasteiger partial charge in [0.15, 0.2) is 0 Å². The van der Waals surface area contributed by atoms with Gasteiger partial charge in [-0.05, 0) is 31.7 Å². The average Bonchev–Trinajstić information content (AvgIpc) is 3.23. The van der Waals surface area contributed by atoms with Gasteiger partial charge >= 0.3 is 5.97 Å². The maximum atomic E-state index is 12.7. The molecule has 8 heteroatoms. The molecule has 0 aromatic rings. The van der Waals surface area contributed by atoms with Gasteiger partial charge in [-0.1, -0.05) is 6.92 Å². The molecule has 6 fully saturated rings. The van der Waals surface area contributed by atoms with Crippen LogP contribution in [0.3, 0.4) is 0 Å². The number of carbonyl (C=O) groups excluding carboxylic acids is 1. The lowest BCUT2D eigenvalue weighted by atomic mass is 9.43. The quantitative estimate of drug-likeness (QED) is 0.546. The molecule has 5 aliphatic carbocycles. The Morgan fingerprint density at radius 3 is 2.53 bits per heavy atom. The van der Waals surface area contributed by atoms with E-state index in [4.69, 9.17) is 18.9 Å². The SMILES string of the molecule is CCN1C[C@]2(COC)CC[C@H](O)[C@@]34[C@@H]5C[C@H]6[C@H](OC(C)=O)[C@@H]5[C@](O)(C[C@@H]6OC)[C@@H]([C@@H](OC)[C@H]23)[C@@H]14. The van der Waals surface area contributed by atoms with Crippen molar-refractivity contribution in [2.24, 2.45) is 40.4 Å². The highest BCUT2D eigenvalue weighted by atomic mass is 16.5. The third kappa shape index (κ3) is 2.48. The monoisotopic (exact) mass is 479 g/mol. The van der Waals surface area contributed by atoms with Crippen molar-refractivity contribution < 1.29 is 34.0 Å². The third-order valence-electron chi connectivity index (χ3n) is 11.4. The van der Waals surface area contributed by atoms with E-state index in [0.717, 1.165) is 32.4 Å². The molecule has 6 rings (SSSR count). The van der Waals surface area contributed by atoms with Crippen LogP contribution in [-0.2, 0) is 23.7 Å². The number of hydrogen-bond acceptors (Lipinski definition) is 8. The number of fused-ring (bicyclic) bond motifs is 2. The molecule has 8 nitrogen and oxygen atoms in total. The van der Waals surface area contributed by atoms with Crippen molar-refractivity contribution in [2.75, 3.05) is 41.0 Å². The number of rotatable bonds is 6. The van der Waals surface area contributed by atoms with E-state index in [1.54, 1.807) is 21.3 Å². The predicted molar refractivity (Wildman–Crippen MR) is 122 cm³/mol. The van der Waals surface area contributed by atoms with Crippen LogP contribution < -0.4 is 0 Å². The number of piperidine rings is 1. The van der Waals surface area contributed by atoms with E-state index in [1.165, 1.54) is 6.92 Å². The average molecular weight is 480 g/mol. The summed E-state index contributed by atoms with van der Waals surface area (Å²) in [5, 5.41) is 24.7. The molecule has 1 saturated heterocycles. The summed E-state index contributed by atoms with van der Waals surface area (Å²) in [6.45, 7) is 6.00. The molecule has 192 valence electrons. The van der Waals surface area contributed by atoms with Crippen LogP contribution in [0.5, 0.6) is 0 Å². The van der Waals surface area contributed by atoms with E-state index < -0.39 is 23.2 Å². The number of aliphatic hydroxyl groups is 2. The van der Waals surface area contributed by atoms with E-state index in [0.29, 0.717) is 13.0 Å². The van der Waals surface area contributed by atoms with Gasteiger partial charge in [-0.3, -0.25) is 9.69 Å².